The number of aromatic nitrogens is 2. The van der Waals surface area contributed by atoms with Crippen LogP contribution in [0.5, 0.6) is 0 Å². The highest BCUT2D eigenvalue weighted by atomic mass is 32.2. The van der Waals surface area contributed by atoms with Crippen LogP contribution in [0.1, 0.15) is 18.7 Å². The predicted octanol–water partition coefficient (Wildman–Crippen LogP) is 0.538. The van der Waals surface area contributed by atoms with Gasteiger partial charge in [0.2, 0.25) is 5.91 Å². The Kier molecular flexibility index (Phi) is 5.03. The Bertz CT molecular complexity index is 933. The Hall–Kier alpha value is -2.00. The first kappa shape index (κ1) is 18.8. The van der Waals surface area contributed by atoms with Crippen molar-refractivity contribution in [1.29, 1.82) is 0 Å². The van der Waals surface area contributed by atoms with E-state index < -0.39 is 20.5 Å². The minimum atomic E-state index is -3.53. The van der Waals surface area contributed by atoms with E-state index in [0.717, 1.165) is 11.8 Å². The van der Waals surface area contributed by atoms with Crippen LogP contribution in [0.4, 0.5) is 4.39 Å². The molecule has 0 radical (unpaired) electrons. The summed E-state index contributed by atoms with van der Waals surface area (Å²) in [7, 11) is -1.70. The summed E-state index contributed by atoms with van der Waals surface area (Å²) in [4.78, 5) is 17.1. The Morgan fingerprint density at radius 2 is 2.08 bits per heavy atom. The number of hydrogen-bond acceptors (Lipinski definition) is 5. The number of amides is 1. The van der Waals surface area contributed by atoms with E-state index in [4.69, 9.17) is 0 Å². The molecule has 0 atom stereocenters. The number of halogens is 1. The predicted molar refractivity (Wildman–Crippen MR) is 97.1 cm³/mol. The first-order valence-corrected chi connectivity index (χ1v) is 10.4. The molecule has 0 aliphatic carbocycles. The van der Waals surface area contributed by atoms with E-state index in [9.17, 15) is 17.6 Å². The second-order valence-electron chi connectivity index (χ2n) is 6.74. The van der Waals surface area contributed by atoms with Crippen LogP contribution >= 0.6 is 0 Å². The van der Waals surface area contributed by atoms with Gasteiger partial charge in [-0.15, -0.1) is 0 Å². The molecule has 0 saturated carbocycles. The molecular formula is C17H23FN4O3S. The molecule has 0 unspecified atom stereocenters. The van der Waals surface area contributed by atoms with Gasteiger partial charge < -0.3 is 15.2 Å². The smallest absolute Gasteiger partial charge is 0.241 e. The number of benzene rings is 1. The number of carbonyl (C=O) groups is 1. The molecule has 0 spiro atoms. The van der Waals surface area contributed by atoms with Gasteiger partial charge in [0.05, 0.1) is 11.0 Å². The van der Waals surface area contributed by atoms with E-state index in [1.807, 2.05) is 11.6 Å². The maximum Gasteiger partial charge on any atom is 0.241 e. The van der Waals surface area contributed by atoms with Crippen LogP contribution in [-0.2, 0) is 28.1 Å². The molecule has 26 heavy (non-hydrogen) atoms. The molecule has 1 saturated heterocycles. The standard InChI is InChI=1S/C17H23FN4O3S/c1-22-14-4-3-12(18)11-13(14)21-15(22)5-8-20-16(23)17(26(2,24)25)6-9-19-10-7-17/h3-4,11,19H,5-10H2,1-2H3,(H,20,23). The van der Waals surface area contributed by atoms with Gasteiger partial charge in [-0.2, -0.15) is 0 Å². The molecule has 1 amide bonds. The van der Waals surface area contributed by atoms with Crippen LogP contribution in [0.15, 0.2) is 18.2 Å². The van der Waals surface area contributed by atoms with E-state index in [-0.39, 0.29) is 25.2 Å². The monoisotopic (exact) mass is 382 g/mol. The van der Waals surface area contributed by atoms with Crippen molar-refractivity contribution in [2.75, 3.05) is 25.9 Å². The van der Waals surface area contributed by atoms with Crippen molar-refractivity contribution in [3.05, 3.63) is 29.8 Å². The highest BCUT2D eigenvalue weighted by Gasteiger charge is 2.48. The number of sulfone groups is 1. The van der Waals surface area contributed by atoms with E-state index in [0.29, 0.717) is 30.9 Å². The lowest BCUT2D eigenvalue weighted by Crippen LogP contribution is -2.57. The fourth-order valence-corrected chi connectivity index (χ4v) is 4.85. The average Bonchev–Trinajstić information content (AvgIpc) is 2.89. The quantitative estimate of drug-likeness (QED) is 0.787. The summed E-state index contributed by atoms with van der Waals surface area (Å²) in [6, 6.07) is 4.40. The molecular weight excluding hydrogens is 359 g/mol. The van der Waals surface area contributed by atoms with Gasteiger partial charge in [0.15, 0.2) is 14.6 Å². The van der Waals surface area contributed by atoms with Crippen molar-refractivity contribution >= 4 is 26.8 Å². The maximum atomic E-state index is 13.3. The Morgan fingerprint density at radius 3 is 2.73 bits per heavy atom. The molecule has 1 aromatic carbocycles. The lowest BCUT2D eigenvalue weighted by molar-refractivity contribution is -0.124. The first-order chi connectivity index (χ1) is 12.2. The largest absolute Gasteiger partial charge is 0.354 e. The minimum absolute atomic E-state index is 0.267. The number of fused-ring (bicyclic) bond motifs is 1. The van der Waals surface area contributed by atoms with Crippen LogP contribution in [-0.4, -0.2) is 54.5 Å². The van der Waals surface area contributed by atoms with Crippen LogP contribution in [0.2, 0.25) is 0 Å². The number of nitrogens with zero attached hydrogens (tertiary/aromatic N) is 2. The molecule has 3 rings (SSSR count). The van der Waals surface area contributed by atoms with Gasteiger partial charge in [0.1, 0.15) is 11.6 Å². The molecule has 142 valence electrons. The van der Waals surface area contributed by atoms with Gasteiger partial charge >= 0.3 is 0 Å². The van der Waals surface area contributed by atoms with Crippen molar-refractivity contribution in [3.8, 4) is 0 Å². The van der Waals surface area contributed by atoms with E-state index in [1.54, 1.807) is 6.07 Å². The van der Waals surface area contributed by atoms with E-state index in [2.05, 4.69) is 15.6 Å². The molecule has 1 aliphatic heterocycles. The molecule has 0 bridgehead atoms. The van der Waals surface area contributed by atoms with E-state index in [1.165, 1.54) is 12.1 Å². The van der Waals surface area contributed by atoms with Crippen molar-refractivity contribution in [2.24, 2.45) is 7.05 Å². The van der Waals surface area contributed by atoms with Crippen molar-refractivity contribution in [1.82, 2.24) is 20.2 Å². The van der Waals surface area contributed by atoms with Gasteiger partial charge in [0, 0.05) is 32.3 Å². The molecule has 7 nitrogen and oxygen atoms in total. The van der Waals surface area contributed by atoms with E-state index >= 15 is 0 Å². The Morgan fingerprint density at radius 1 is 1.38 bits per heavy atom. The Labute approximate surface area is 151 Å². The lowest BCUT2D eigenvalue weighted by Gasteiger charge is -2.34. The number of imidazole rings is 1. The molecule has 1 aromatic heterocycles. The summed E-state index contributed by atoms with van der Waals surface area (Å²) in [5.74, 6) is -0.104. The Balaban J connectivity index is 1.71. The van der Waals surface area contributed by atoms with Crippen molar-refractivity contribution < 1.29 is 17.6 Å². The zero-order valence-corrected chi connectivity index (χ0v) is 15.7. The number of carbonyl (C=O) groups excluding carboxylic acids is 1. The van der Waals surface area contributed by atoms with Crippen LogP contribution in [0, 0.1) is 5.82 Å². The van der Waals surface area contributed by atoms with Gasteiger partial charge in [-0.3, -0.25) is 4.79 Å². The van der Waals surface area contributed by atoms with Crippen molar-refractivity contribution in [3.63, 3.8) is 0 Å². The normalized spacial score (nSPS) is 17.3. The second-order valence-corrected chi connectivity index (χ2v) is 9.07. The fraction of sp³-hybridized carbons (Fsp3) is 0.529. The second kappa shape index (κ2) is 6.96. The van der Waals surface area contributed by atoms with Gasteiger partial charge in [-0.25, -0.2) is 17.8 Å². The van der Waals surface area contributed by atoms with Crippen LogP contribution < -0.4 is 10.6 Å². The maximum absolute atomic E-state index is 13.3. The molecule has 2 N–H and O–H groups in total. The highest BCUT2D eigenvalue weighted by Crippen LogP contribution is 2.28. The topological polar surface area (TPSA) is 93.1 Å². The molecule has 9 heteroatoms. The SMILES string of the molecule is Cn1c(CCNC(=O)C2(S(C)(=O)=O)CCNCC2)nc2cc(F)ccc21. The summed E-state index contributed by atoms with van der Waals surface area (Å²) in [5.41, 5.74) is 1.36. The number of rotatable bonds is 5. The van der Waals surface area contributed by atoms with Crippen molar-refractivity contribution in [2.45, 2.75) is 24.0 Å². The summed E-state index contributed by atoms with van der Waals surface area (Å²) in [6.45, 7) is 1.26. The summed E-state index contributed by atoms with van der Waals surface area (Å²) >= 11 is 0. The molecule has 1 aliphatic rings. The molecule has 2 heterocycles. The third-order valence-electron chi connectivity index (χ3n) is 5.10. The average molecular weight is 382 g/mol. The summed E-state index contributed by atoms with van der Waals surface area (Å²) in [5, 5.41) is 5.84. The molecule has 2 aromatic rings. The molecule has 1 fully saturated rings. The highest BCUT2D eigenvalue weighted by molar-refractivity contribution is 7.92. The number of piperidine rings is 1. The van der Waals surface area contributed by atoms with Gasteiger partial charge in [-0.1, -0.05) is 0 Å². The number of hydrogen-bond donors (Lipinski definition) is 2. The zero-order chi connectivity index (χ0) is 18.9. The summed E-state index contributed by atoms with van der Waals surface area (Å²) in [6.07, 6.45) is 2.08. The third kappa shape index (κ3) is 3.33. The third-order valence-corrected chi connectivity index (χ3v) is 7.12. The minimum Gasteiger partial charge on any atom is -0.354 e. The van der Waals surface area contributed by atoms with Gasteiger partial charge in [-0.05, 0) is 38.1 Å². The lowest BCUT2D eigenvalue weighted by atomic mass is 9.96. The zero-order valence-electron chi connectivity index (χ0n) is 14.9. The fourth-order valence-electron chi connectivity index (χ4n) is 3.49. The first-order valence-electron chi connectivity index (χ1n) is 8.54. The number of aryl methyl sites for hydroxylation is 1. The van der Waals surface area contributed by atoms with Crippen LogP contribution in [0.25, 0.3) is 11.0 Å². The van der Waals surface area contributed by atoms with Gasteiger partial charge in [0.25, 0.3) is 0 Å². The summed E-state index contributed by atoms with van der Waals surface area (Å²) < 4.78 is 38.3. The van der Waals surface area contributed by atoms with Crippen LogP contribution in [0.3, 0.4) is 0 Å². The number of nitrogens with one attached hydrogen (secondary N) is 2.